The van der Waals surface area contributed by atoms with Gasteiger partial charge in [-0.05, 0) is 48.7 Å². The molecule has 126 valence electrons. The standard InChI is InChI=1S/C20H18N2OS2/c1-14-7-5-11-22(13-14)18(19(23)17-10-6-12-25-17)20(24)21-16-9-4-3-8-15(16)2/h3-13H,1-2H3,(H-,21,23,24). The molecule has 0 bridgehead atoms. The quantitative estimate of drug-likeness (QED) is 0.331. The average molecular weight is 367 g/mol. The molecule has 1 aromatic carbocycles. The molecule has 2 heterocycles. The van der Waals surface area contributed by atoms with E-state index in [1.807, 2.05) is 80.2 Å². The number of thiophene rings is 1. The van der Waals surface area contributed by atoms with E-state index in [1.165, 1.54) is 11.3 Å². The fourth-order valence-corrected chi connectivity index (χ4v) is 3.46. The highest BCUT2D eigenvalue weighted by Gasteiger charge is 2.19. The van der Waals surface area contributed by atoms with Crippen LogP contribution in [0.15, 0.2) is 66.3 Å². The Morgan fingerprint density at radius 1 is 1.08 bits per heavy atom. The van der Waals surface area contributed by atoms with E-state index in [1.54, 1.807) is 4.57 Å². The molecule has 3 nitrogen and oxygen atoms in total. The minimum Gasteiger partial charge on any atom is -0.867 e. The van der Waals surface area contributed by atoms with Gasteiger partial charge in [0, 0.05) is 22.2 Å². The van der Waals surface area contributed by atoms with Crippen LogP contribution in [0.2, 0.25) is 0 Å². The number of aromatic nitrogens is 1. The van der Waals surface area contributed by atoms with E-state index >= 15 is 0 Å². The predicted octanol–water partition coefficient (Wildman–Crippen LogP) is 3.78. The zero-order valence-corrected chi connectivity index (χ0v) is 15.7. The molecular formula is C20H18N2OS2. The summed E-state index contributed by atoms with van der Waals surface area (Å²) in [7, 11) is 0. The Balaban J connectivity index is 2.07. The van der Waals surface area contributed by atoms with Gasteiger partial charge < -0.3 is 10.4 Å². The van der Waals surface area contributed by atoms with Crippen molar-refractivity contribution in [1.29, 1.82) is 0 Å². The van der Waals surface area contributed by atoms with E-state index in [2.05, 4.69) is 5.32 Å². The first-order valence-corrected chi connectivity index (χ1v) is 9.15. The summed E-state index contributed by atoms with van der Waals surface area (Å²) in [6, 6.07) is 15.5. The minimum atomic E-state index is -0.0864. The summed E-state index contributed by atoms with van der Waals surface area (Å²) >= 11 is 7.02. The summed E-state index contributed by atoms with van der Waals surface area (Å²) in [5.74, 6) is -0.0864. The second-order valence-corrected chi connectivity index (χ2v) is 7.07. The number of hydrogen-bond donors (Lipinski definition) is 1. The Labute approximate surface area is 156 Å². The molecule has 0 saturated heterocycles. The van der Waals surface area contributed by atoms with Gasteiger partial charge in [-0.2, -0.15) is 4.57 Å². The zero-order chi connectivity index (χ0) is 17.8. The molecule has 5 heteroatoms. The summed E-state index contributed by atoms with van der Waals surface area (Å²) in [6.07, 6.45) is 3.76. The van der Waals surface area contributed by atoms with E-state index in [0.29, 0.717) is 15.6 Å². The van der Waals surface area contributed by atoms with Crippen molar-refractivity contribution in [3.8, 4) is 0 Å². The lowest BCUT2D eigenvalue weighted by atomic mass is 10.2. The fraction of sp³-hybridized carbons (Fsp3) is 0.100. The van der Waals surface area contributed by atoms with Crippen molar-refractivity contribution in [3.05, 3.63) is 82.3 Å². The van der Waals surface area contributed by atoms with Gasteiger partial charge >= 0.3 is 0 Å². The van der Waals surface area contributed by atoms with Gasteiger partial charge in [0.05, 0.1) is 0 Å². The van der Waals surface area contributed by atoms with Gasteiger partial charge in [0.1, 0.15) is 0 Å². The van der Waals surface area contributed by atoms with Gasteiger partial charge in [-0.3, -0.25) is 0 Å². The Bertz CT molecular complexity index is 930. The molecule has 0 fully saturated rings. The van der Waals surface area contributed by atoms with Crippen LogP contribution in [-0.2, 0) is 0 Å². The van der Waals surface area contributed by atoms with Crippen LogP contribution in [0.25, 0.3) is 11.5 Å². The van der Waals surface area contributed by atoms with Gasteiger partial charge in [0.2, 0.25) is 5.70 Å². The SMILES string of the molecule is Cc1ccc[n+](C(C(=S)Nc2ccccc2C)=C([O-])c2cccs2)c1. The molecule has 0 aliphatic heterocycles. The summed E-state index contributed by atoms with van der Waals surface area (Å²) < 4.78 is 1.80. The molecule has 25 heavy (non-hydrogen) atoms. The van der Waals surface area contributed by atoms with E-state index in [-0.39, 0.29) is 5.76 Å². The molecule has 3 rings (SSSR count). The van der Waals surface area contributed by atoms with Crippen molar-refractivity contribution in [2.45, 2.75) is 13.8 Å². The van der Waals surface area contributed by atoms with Crippen LogP contribution in [-0.4, -0.2) is 4.99 Å². The van der Waals surface area contributed by atoms with Crippen molar-refractivity contribution in [1.82, 2.24) is 0 Å². The van der Waals surface area contributed by atoms with Crippen LogP contribution >= 0.6 is 23.6 Å². The summed E-state index contributed by atoms with van der Waals surface area (Å²) in [4.78, 5) is 1.07. The van der Waals surface area contributed by atoms with Crippen molar-refractivity contribution < 1.29 is 9.67 Å². The van der Waals surface area contributed by atoms with Crippen LogP contribution in [0.4, 0.5) is 5.69 Å². The lowest BCUT2D eigenvalue weighted by molar-refractivity contribution is -0.578. The fourth-order valence-electron chi connectivity index (χ4n) is 2.49. The number of para-hydroxylation sites is 1. The first-order valence-electron chi connectivity index (χ1n) is 7.86. The molecule has 2 aromatic heterocycles. The first kappa shape index (κ1) is 17.3. The van der Waals surface area contributed by atoms with E-state index in [0.717, 1.165) is 16.8 Å². The second kappa shape index (κ2) is 7.59. The van der Waals surface area contributed by atoms with Gasteiger partial charge in [0.15, 0.2) is 17.4 Å². The highest BCUT2D eigenvalue weighted by Crippen LogP contribution is 2.21. The average Bonchev–Trinajstić information content (AvgIpc) is 3.12. The number of nitrogens with one attached hydrogen (secondary N) is 1. The van der Waals surface area contributed by atoms with Crippen LogP contribution in [0, 0.1) is 13.8 Å². The van der Waals surface area contributed by atoms with Gasteiger partial charge in [-0.15, -0.1) is 11.3 Å². The number of nitrogens with zero attached hydrogens (tertiary/aromatic N) is 1. The van der Waals surface area contributed by atoms with Gasteiger partial charge in [-0.1, -0.05) is 36.5 Å². The van der Waals surface area contributed by atoms with Crippen molar-refractivity contribution in [3.63, 3.8) is 0 Å². The second-order valence-electron chi connectivity index (χ2n) is 5.71. The predicted molar refractivity (Wildman–Crippen MR) is 106 cm³/mol. The van der Waals surface area contributed by atoms with Gasteiger partial charge in [-0.25, -0.2) is 0 Å². The maximum absolute atomic E-state index is 13.1. The topological polar surface area (TPSA) is 39.0 Å². The molecule has 0 spiro atoms. The van der Waals surface area contributed by atoms with E-state index in [9.17, 15) is 5.11 Å². The summed E-state index contributed by atoms with van der Waals surface area (Å²) in [6.45, 7) is 3.99. The number of anilines is 1. The highest BCUT2D eigenvalue weighted by atomic mass is 32.1. The van der Waals surface area contributed by atoms with Crippen molar-refractivity contribution in [2.24, 2.45) is 0 Å². The largest absolute Gasteiger partial charge is 0.867 e. The Hall–Kier alpha value is -2.50. The molecule has 0 aliphatic rings. The molecule has 0 amide bonds. The molecule has 3 aromatic rings. The lowest BCUT2D eigenvalue weighted by Gasteiger charge is -2.16. The van der Waals surface area contributed by atoms with Crippen LogP contribution in [0.5, 0.6) is 0 Å². The number of hydrogen-bond acceptors (Lipinski definition) is 3. The summed E-state index contributed by atoms with van der Waals surface area (Å²) in [5, 5.41) is 18.2. The molecule has 0 aliphatic carbocycles. The number of rotatable bonds is 4. The minimum absolute atomic E-state index is 0.0864. The number of aryl methyl sites for hydroxylation is 2. The molecule has 0 radical (unpaired) electrons. The molecular weight excluding hydrogens is 348 g/mol. The molecule has 0 saturated carbocycles. The maximum Gasteiger partial charge on any atom is 0.239 e. The van der Waals surface area contributed by atoms with E-state index < -0.39 is 0 Å². The summed E-state index contributed by atoms with van der Waals surface area (Å²) in [5.41, 5.74) is 3.47. The third-order valence-electron chi connectivity index (χ3n) is 3.78. The number of thiocarbonyl (C=S) groups is 1. The monoisotopic (exact) mass is 366 g/mol. The number of pyridine rings is 1. The van der Waals surface area contributed by atoms with Crippen molar-refractivity contribution in [2.75, 3.05) is 5.32 Å². The van der Waals surface area contributed by atoms with Crippen LogP contribution < -0.4 is 15.0 Å². The normalized spacial score (nSPS) is 11.8. The van der Waals surface area contributed by atoms with E-state index in [4.69, 9.17) is 12.2 Å². The lowest BCUT2D eigenvalue weighted by Crippen LogP contribution is -2.40. The Morgan fingerprint density at radius 3 is 2.56 bits per heavy atom. The maximum atomic E-state index is 13.1. The number of benzene rings is 1. The zero-order valence-electron chi connectivity index (χ0n) is 14.0. The Kier molecular flexibility index (Phi) is 5.26. The molecule has 1 N–H and O–H groups in total. The third kappa shape index (κ3) is 3.95. The van der Waals surface area contributed by atoms with Crippen molar-refractivity contribution >= 4 is 45.7 Å². The van der Waals surface area contributed by atoms with Gasteiger partial charge in [0.25, 0.3) is 0 Å². The molecule has 0 atom stereocenters. The molecule has 0 unspecified atom stereocenters. The van der Waals surface area contributed by atoms with Crippen LogP contribution in [0.3, 0.4) is 0 Å². The van der Waals surface area contributed by atoms with Crippen LogP contribution in [0.1, 0.15) is 16.0 Å². The smallest absolute Gasteiger partial charge is 0.239 e. The third-order valence-corrected chi connectivity index (χ3v) is 4.94. The highest BCUT2D eigenvalue weighted by molar-refractivity contribution is 7.81. The first-order chi connectivity index (χ1) is 12.1. The Morgan fingerprint density at radius 2 is 1.88 bits per heavy atom.